The molecule has 0 saturated carbocycles. The molecular formula is C10H20O4S. The Bertz CT molecular complexity index is 305. The first-order chi connectivity index (χ1) is 6.68. The molecule has 0 aliphatic carbocycles. The maximum Gasteiger partial charge on any atom is 0.307 e. The third-order valence-corrected chi connectivity index (χ3v) is 4.99. The van der Waals surface area contributed by atoms with Crippen molar-refractivity contribution in [2.75, 3.05) is 5.75 Å². The van der Waals surface area contributed by atoms with Crippen LogP contribution in [-0.4, -0.2) is 30.5 Å². The van der Waals surface area contributed by atoms with Gasteiger partial charge in [-0.3, -0.25) is 4.79 Å². The first-order valence-corrected chi connectivity index (χ1v) is 6.84. The molecule has 0 bridgehead atoms. The third-order valence-electron chi connectivity index (χ3n) is 2.64. The van der Waals surface area contributed by atoms with Crippen LogP contribution < -0.4 is 0 Å². The van der Waals surface area contributed by atoms with Crippen LogP contribution in [0.15, 0.2) is 0 Å². The van der Waals surface area contributed by atoms with Gasteiger partial charge in [0.2, 0.25) is 0 Å². The van der Waals surface area contributed by atoms with Gasteiger partial charge in [0.05, 0.1) is 16.9 Å². The van der Waals surface area contributed by atoms with Gasteiger partial charge in [-0.05, 0) is 19.3 Å². The number of hydrogen-bond acceptors (Lipinski definition) is 3. The van der Waals surface area contributed by atoms with E-state index < -0.39 is 27.0 Å². The average molecular weight is 236 g/mol. The topological polar surface area (TPSA) is 71.4 Å². The summed E-state index contributed by atoms with van der Waals surface area (Å²) in [5.41, 5.74) is 0. The van der Waals surface area contributed by atoms with Gasteiger partial charge in [0.25, 0.3) is 0 Å². The molecule has 0 spiro atoms. The third kappa shape index (κ3) is 4.64. The predicted molar refractivity (Wildman–Crippen MR) is 59.5 cm³/mol. The Labute approximate surface area is 91.6 Å². The van der Waals surface area contributed by atoms with Gasteiger partial charge in [-0.2, -0.15) is 0 Å². The standard InChI is InChI=1S/C10H20O4S/c1-7(2)5-6-15(13,14)9(4)8(3)10(11)12/h7-9H,5-6H2,1-4H3,(H,11,12). The highest BCUT2D eigenvalue weighted by Crippen LogP contribution is 2.16. The van der Waals surface area contributed by atoms with Crippen molar-refractivity contribution in [1.29, 1.82) is 0 Å². The van der Waals surface area contributed by atoms with Crippen molar-refractivity contribution in [3.63, 3.8) is 0 Å². The fourth-order valence-electron chi connectivity index (χ4n) is 1.10. The van der Waals surface area contributed by atoms with Crippen LogP contribution in [0.2, 0.25) is 0 Å². The lowest BCUT2D eigenvalue weighted by Gasteiger charge is -2.17. The van der Waals surface area contributed by atoms with Crippen LogP contribution in [0.5, 0.6) is 0 Å². The van der Waals surface area contributed by atoms with Gasteiger partial charge >= 0.3 is 5.97 Å². The van der Waals surface area contributed by atoms with Crippen molar-refractivity contribution in [1.82, 2.24) is 0 Å². The van der Waals surface area contributed by atoms with Gasteiger partial charge in [-0.15, -0.1) is 0 Å². The number of carbonyl (C=O) groups is 1. The summed E-state index contributed by atoms with van der Waals surface area (Å²) in [6.45, 7) is 6.79. The molecule has 0 saturated heterocycles. The van der Waals surface area contributed by atoms with E-state index in [2.05, 4.69) is 0 Å². The normalized spacial score (nSPS) is 16.3. The lowest BCUT2D eigenvalue weighted by molar-refractivity contribution is -0.141. The molecule has 15 heavy (non-hydrogen) atoms. The Balaban J connectivity index is 4.52. The molecule has 2 unspecified atom stereocenters. The minimum atomic E-state index is -3.28. The second-order valence-electron chi connectivity index (χ2n) is 4.38. The number of rotatable bonds is 6. The summed E-state index contributed by atoms with van der Waals surface area (Å²) in [6.07, 6.45) is 0.582. The van der Waals surface area contributed by atoms with Gasteiger partial charge in [0, 0.05) is 0 Å². The highest BCUT2D eigenvalue weighted by atomic mass is 32.2. The number of aliphatic carboxylic acids is 1. The zero-order chi connectivity index (χ0) is 12.2. The summed E-state index contributed by atoms with van der Waals surface area (Å²) in [5.74, 6) is -1.52. The monoisotopic (exact) mass is 236 g/mol. The van der Waals surface area contributed by atoms with Crippen molar-refractivity contribution in [3.8, 4) is 0 Å². The second-order valence-corrected chi connectivity index (χ2v) is 6.86. The SMILES string of the molecule is CC(C)CCS(=O)(=O)C(C)C(C)C(=O)O. The predicted octanol–water partition coefficient (Wildman–Crippen LogP) is 1.56. The molecule has 4 nitrogen and oxygen atoms in total. The van der Waals surface area contributed by atoms with Crippen molar-refractivity contribution in [3.05, 3.63) is 0 Å². The van der Waals surface area contributed by atoms with E-state index in [-0.39, 0.29) is 5.75 Å². The van der Waals surface area contributed by atoms with Crippen molar-refractivity contribution in [2.24, 2.45) is 11.8 Å². The quantitative estimate of drug-likeness (QED) is 0.759. The molecule has 1 N–H and O–H groups in total. The van der Waals surface area contributed by atoms with E-state index in [0.717, 1.165) is 0 Å². The minimum Gasteiger partial charge on any atom is -0.481 e. The fraction of sp³-hybridized carbons (Fsp3) is 0.900. The molecule has 0 aromatic heterocycles. The van der Waals surface area contributed by atoms with E-state index in [4.69, 9.17) is 5.11 Å². The second kappa shape index (κ2) is 5.49. The zero-order valence-corrected chi connectivity index (χ0v) is 10.5. The number of carboxylic acids is 1. The molecule has 0 heterocycles. The maximum atomic E-state index is 11.7. The van der Waals surface area contributed by atoms with Gasteiger partial charge < -0.3 is 5.11 Å². The van der Waals surface area contributed by atoms with Crippen LogP contribution in [0.25, 0.3) is 0 Å². The lowest BCUT2D eigenvalue weighted by Crippen LogP contribution is -2.32. The maximum absolute atomic E-state index is 11.7. The van der Waals surface area contributed by atoms with E-state index in [1.54, 1.807) is 0 Å². The fourth-order valence-corrected chi connectivity index (χ4v) is 3.01. The Morgan fingerprint density at radius 2 is 1.67 bits per heavy atom. The van der Waals surface area contributed by atoms with E-state index in [0.29, 0.717) is 12.3 Å². The molecule has 0 aliphatic heterocycles. The van der Waals surface area contributed by atoms with Crippen molar-refractivity contribution >= 4 is 15.8 Å². The summed E-state index contributed by atoms with van der Waals surface area (Å²) < 4.78 is 23.4. The average Bonchev–Trinajstić information content (AvgIpc) is 2.12. The van der Waals surface area contributed by atoms with E-state index >= 15 is 0 Å². The summed E-state index contributed by atoms with van der Waals surface area (Å²) in [7, 11) is -3.28. The van der Waals surface area contributed by atoms with Crippen molar-refractivity contribution in [2.45, 2.75) is 39.4 Å². The highest BCUT2D eigenvalue weighted by Gasteiger charge is 2.30. The Morgan fingerprint density at radius 1 is 1.20 bits per heavy atom. The molecule has 0 aromatic carbocycles. The summed E-state index contributed by atoms with van der Waals surface area (Å²) in [6, 6.07) is 0. The lowest BCUT2D eigenvalue weighted by atomic mass is 10.1. The van der Waals surface area contributed by atoms with Gasteiger partial charge in [0.15, 0.2) is 9.84 Å². The molecule has 5 heteroatoms. The smallest absolute Gasteiger partial charge is 0.307 e. The number of sulfone groups is 1. The van der Waals surface area contributed by atoms with E-state index in [9.17, 15) is 13.2 Å². The van der Waals surface area contributed by atoms with Crippen LogP contribution in [-0.2, 0) is 14.6 Å². The molecule has 2 atom stereocenters. The summed E-state index contributed by atoms with van der Waals surface area (Å²) >= 11 is 0. The number of hydrogen-bond donors (Lipinski definition) is 1. The van der Waals surface area contributed by atoms with Crippen LogP contribution in [0.4, 0.5) is 0 Å². The molecule has 0 fully saturated rings. The summed E-state index contributed by atoms with van der Waals surface area (Å²) in [5, 5.41) is 7.92. The molecule has 0 rings (SSSR count). The molecular weight excluding hydrogens is 216 g/mol. The summed E-state index contributed by atoms with van der Waals surface area (Å²) in [4.78, 5) is 10.7. The Morgan fingerprint density at radius 3 is 2.00 bits per heavy atom. The highest BCUT2D eigenvalue weighted by molar-refractivity contribution is 7.92. The minimum absolute atomic E-state index is 0.0729. The van der Waals surface area contributed by atoms with Crippen LogP contribution in [0.3, 0.4) is 0 Å². The molecule has 90 valence electrons. The van der Waals surface area contributed by atoms with Crippen molar-refractivity contribution < 1.29 is 18.3 Å². The Kier molecular flexibility index (Phi) is 5.28. The van der Waals surface area contributed by atoms with Crippen LogP contribution in [0, 0.1) is 11.8 Å². The first kappa shape index (κ1) is 14.4. The number of carboxylic acid groups (broad SMARTS) is 1. The van der Waals surface area contributed by atoms with Gasteiger partial charge in [0.1, 0.15) is 0 Å². The molecule has 0 aliphatic rings. The van der Waals surface area contributed by atoms with Crippen LogP contribution >= 0.6 is 0 Å². The molecule has 0 radical (unpaired) electrons. The van der Waals surface area contributed by atoms with E-state index in [1.807, 2.05) is 13.8 Å². The first-order valence-electron chi connectivity index (χ1n) is 5.13. The largest absolute Gasteiger partial charge is 0.481 e. The molecule has 0 amide bonds. The van der Waals surface area contributed by atoms with Gasteiger partial charge in [-0.25, -0.2) is 8.42 Å². The van der Waals surface area contributed by atoms with Gasteiger partial charge in [-0.1, -0.05) is 20.8 Å². The Hall–Kier alpha value is -0.580. The van der Waals surface area contributed by atoms with Crippen LogP contribution in [0.1, 0.15) is 34.1 Å². The zero-order valence-electron chi connectivity index (χ0n) is 9.73. The molecule has 0 aromatic rings. The van der Waals surface area contributed by atoms with E-state index in [1.165, 1.54) is 13.8 Å².